The van der Waals surface area contributed by atoms with Crippen molar-refractivity contribution in [1.29, 1.82) is 0 Å². The highest BCUT2D eigenvalue weighted by Gasteiger charge is 2.13. The largest absolute Gasteiger partial charge is 0.493 e. The summed E-state index contributed by atoms with van der Waals surface area (Å²) in [6, 6.07) is 14.5. The summed E-state index contributed by atoms with van der Waals surface area (Å²) in [5.74, 6) is 2.54. The predicted octanol–water partition coefficient (Wildman–Crippen LogP) is 5.54. The monoisotopic (exact) mass is 345 g/mol. The van der Waals surface area contributed by atoms with E-state index in [0.29, 0.717) is 12.5 Å². The van der Waals surface area contributed by atoms with Crippen LogP contribution in [-0.4, -0.2) is 11.6 Å². The van der Waals surface area contributed by atoms with E-state index in [0.717, 1.165) is 42.0 Å². The fraction of sp³-hybridized carbons (Fsp3) is 0.261. The Morgan fingerprint density at radius 3 is 2.77 bits per heavy atom. The van der Waals surface area contributed by atoms with Crippen molar-refractivity contribution < 1.29 is 9.15 Å². The van der Waals surface area contributed by atoms with Crippen molar-refractivity contribution in [2.24, 2.45) is 0 Å². The lowest BCUT2D eigenvalue weighted by molar-refractivity contribution is 0.316. The van der Waals surface area contributed by atoms with Crippen LogP contribution in [-0.2, 0) is 12.8 Å². The van der Waals surface area contributed by atoms with Gasteiger partial charge in [0.05, 0.1) is 12.3 Å². The molecule has 26 heavy (non-hydrogen) atoms. The van der Waals surface area contributed by atoms with Gasteiger partial charge in [-0.25, -0.2) is 4.98 Å². The molecule has 0 radical (unpaired) electrons. The number of fused-ring (bicyclic) bond motifs is 1. The summed E-state index contributed by atoms with van der Waals surface area (Å²) in [6.07, 6.45) is 7.26. The molecule has 0 saturated carbocycles. The molecule has 3 heteroatoms. The second kappa shape index (κ2) is 7.20. The van der Waals surface area contributed by atoms with Gasteiger partial charge in [-0.05, 0) is 50.5 Å². The second-order valence-electron chi connectivity index (χ2n) is 6.75. The van der Waals surface area contributed by atoms with Crippen LogP contribution in [0.5, 0.6) is 5.75 Å². The SMILES string of the molecule is Cc1ccc(-c2nc(CCOc3cccc4c3CCC=C4)c(C)o2)cc1. The lowest BCUT2D eigenvalue weighted by Crippen LogP contribution is -2.06. The molecule has 3 aromatic rings. The van der Waals surface area contributed by atoms with E-state index in [2.05, 4.69) is 54.4 Å². The van der Waals surface area contributed by atoms with Gasteiger partial charge in [0.25, 0.3) is 0 Å². The lowest BCUT2D eigenvalue weighted by Gasteiger charge is -2.15. The molecule has 2 aromatic carbocycles. The van der Waals surface area contributed by atoms with Gasteiger partial charge in [0.15, 0.2) is 0 Å². The molecule has 0 aliphatic heterocycles. The van der Waals surface area contributed by atoms with Gasteiger partial charge < -0.3 is 9.15 Å². The maximum atomic E-state index is 6.08. The third-order valence-corrected chi connectivity index (χ3v) is 4.82. The fourth-order valence-corrected chi connectivity index (χ4v) is 3.32. The van der Waals surface area contributed by atoms with Gasteiger partial charge in [-0.1, -0.05) is 42.0 Å². The Hall–Kier alpha value is -2.81. The summed E-state index contributed by atoms with van der Waals surface area (Å²) < 4.78 is 11.9. The average Bonchev–Trinajstić information content (AvgIpc) is 3.03. The minimum atomic E-state index is 0.598. The number of allylic oxidation sites excluding steroid dienone is 1. The molecule has 132 valence electrons. The van der Waals surface area contributed by atoms with Crippen LogP contribution in [0.1, 0.15) is 34.6 Å². The molecular weight excluding hydrogens is 322 g/mol. The molecule has 1 aliphatic rings. The molecule has 0 spiro atoms. The number of aromatic nitrogens is 1. The molecule has 0 unspecified atom stereocenters. The van der Waals surface area contributed by atoms with Gasteiger partial charge in [-0.2, -0.15) is 0 Å². The van der Waals surface area contributed by atoms with Gasteiger partial charge >= 0.3 is 0 Å². The molecular formula is C23H23NO2. The van der Waals surface area contributed by atoms with E-state index in [4.69, 9.17) is 9.15 Å². The quantitative estimate of drug-likeness (QED) is 0.609. The van der Waals surface area contributed by atoms with Crippen molar-refractivity contribution in [2.75, 3.05) is 6.61 Å². The third kappa shape index (κ3) is 3.43. The highest BCUT2D eigenvalue weighted by Crippen LogP contribution is 2.29. The van der Waals surface area contributed by atoms with E-state index in [-0.39, 0.29) is 0 Å². The van der Waals surface area contributed by atoms with Crippen molar-refractivity contribution in [2.45, 2.75) is 33.1 Å². The van der Waals surface area contributed by atoms with Crippen LogP contribution in [0.4, 0.5) is 0 Å². The Kier molecular flexibility index (Phi) is 4.61. The van der Waals surface area contributed by atoms with E-state index in [9.17, 15) is 0 Å². The Labute approximate surface area is 154 Å². The van der Waals surface area contributed by atoms with Crippen molar-refractivity contribution in [1.82, 2.24) is 4.98 Å². The summed E-state index contributed by atoms with van der Waals surface area (Å²) >= 11 is 0. The fourth-order valence-electron chi connectivity index (χ4n) is 3.32. The number of rotatable bonds is 5. The zero-order chi connectivity index (χ0) is 17.9. The normalized spacial score (nSPS) is 12.8. The first kappa shape index (κ1) is 16.6. The molecule has 0 bridgehead atoms. The van der Waals surface area contributed by atoms with Crippen LogP contribution in [0.25, 0.3) is 17.5 Å². The molecule has 0 saturated heterocycles. The maximum absolute atomic E-state index is 6.08. The maximum Gasteiger partial charge on any atom is 0.226 e. The van der Waals surface area contributed by atoms with Gasteiger partial charge in [0.1, 0.15) is 11.5 Å². The molecule has 0 amide bonds. The zero-order valence-corrected chi connectivity index (χ0v) is 15.3. The van der Waals surface area contributed by atoms with E-state index in [1.54, 1.807) is 0 Å². The molecule has 0 atom stereocenters. The standard InChI is InChI=1S/C23H23NO2/c1-16-10-12-19(13-11-16)23-24-21(17(2)26-23)14-15-25-22-9-5-7-18-6-3-4-8-20(18)22/h3,5-7,9-13H,4,8,14-15H2,1-2H3. The van der Waals surface area contributed by atoms with Crippen LogP contribution < -0.4 is 4.74 Å². The highest BCUT2D eigenvalue weighted by atomic mass is 16.5. The number of nitrogens with zero attached hydrogens (tertiary/aromatic N) is 1. The van der Waals surface area contributed by atoms with Crippen LogP contribution in [0, 0.1) is 13.8 Å². The molecule has 0 N–H and O–H groups in total. The minimum absolute atomic E-state index is 0.598. The molecule has 1 heterocycles. The molecule has 4 rings (SSSR count). The number of ether oxygens (including phenoxy) is 1. The van der Waals surface area contributed by atoms with E-state index < -0.39 is 0 Å². The summed E-state index contributed by atoms with van der Waals surface area (Å²) in [7, 11) is 0. The lowest BCUT2D eigenvalue weighted by atomic mass is 9.97. The van der Waals surface area contributed by atoms with Crippen molar-refractivity contribution in [3.63, 3.8) is 0 Å². The summed E-state index contributed by atoms with van der Waals surface area (Å²) in [6.45, 7) is 4.64. The molecule has 3 nitrogen and oxygen atoms in total. The minimum Gasteiger partial charge on any atom is -0.493 e. The number of hydrogen-bond donors (Lipinski definition) is 0. The third-order valence-electron chi connectivity index (χ3n) is 4.82. The van der Waals surface area contributed by atoms with Gasteiger partial charge in [0.2, 0.25) is 5.89 Å². The average molecular weight is 345 g/mol. The van der Waals surface area contributed by atoms with E-state index >= 15 is 0 Å². The van der Waals surface area contributed by atoms with Gasteiger partial charge in [-0.15, -0.1) is 0 Å². The number of hydrogen-bond acceptors (Lipinski definition) is 3. The summed E-state index contributed by atoms with van der Waals surface area (Å²) in [5.41, 5.74) is 5.78. The first-order valence-electron chi connectivity index (χ1n) is 9.15. The van der Waals surface area contributed by atoms with Crippen LogP contribution >= 0.6 is 0 Å². The summed E-state index contributed by atoms with van der Waals surface area (Å²) in [5, 5.41) is 0. The Balaban J connectivity index is 1.44. The first-order chi connectivity index (χ1) is 12.7. The molecule has 0 fully saturated rings. The van der Waals surface area contributed by atoms with E-state index in [1.165, 1.54) is 16.7 Å². The number of benzene rings is 2. The predicted molar refractivity (Wildman–Crippen MR) is 104 cm³/mol. The zero-order valence-electron chi connectivity index (χ0n) is 15.3. The van der Waals surface area contributed by atoms with Gasteiger partial charge in [0, 0.05) is 17.5 Å². The Morgan fingerprint density at radius 2 is 1.92 bits per heavy atom. The first-order valence-corrected chi connectivity index (χ1v) is 9.15. The van der Waals surface area contributed by atoms with Crippen LogP contribution in [0.3, 0.4) is 0 Å². The van der Waals surface area contributed by atoms with Crippen LogP contribution in [0.15, 0.2) is 53.0 Å². The Bertz CT molecular complexity index is 935. The number of aryl methyl sites for hydroxylation is 2. The topological polar surface area (TPSA) is 35.3 Å². The molecule has 1 aromatic heterocycles. The van der Waals surface area contributed by atoms with Crippen LogP contribution in [0.2, 0.25) is 0 Å². The van der Waals surface area contributed by atoms with E-state index in [1.807, 2.05) is 19.1 Å². The second-order valence-corrected chi connectivity index (χ2v) is 6.75. The van der Waals surface area contributed by atoms with Crippen molar-refractivity contribution in [3.05, 3.63) is 76.7 Å². The smallest absolute Gasteiger partial charge is 0.226 e. The van der Waals surface area contributed by atoms with Crippen molar-refractivity contribution >= 4 is 6.08 Å². The highest BCUT2D eigenvalue weighted by molar-refractivity contribution is 5.60. The van der Waals surface area contributed by atoms with Gasteiger partial charge in [-0.3, -0.25) is 0 Å². The molecule has 1 aliphatic carbocycles. The van der Waals surface area contributed by atoms with Crippen molar-refractivity contribution in [3.8, 4) is 17.2 Å². The number of oxazole rings is 1. The summed E-state index contributed by atoms with van der Waals surface area (Å²) in [4.78, 5) is 4.67. The Morgan fingerprint density at radius 1 is 1.08 bits per heavy atom.